The third-order valence-electron chi connectivity index (χ3n) is 8.83. The molecule has 2 atom stereocenters. The molecule has 2 N–H and O–H groups in total. The van der Waals surface area contributed by atoms with E-state index in [9.17, 15) is 4.79 Å². The zero-order valence-corrected chi connectivity index (χ0v) is 21.5. The molecule has 1 saturated heterocycles. The number of fused-ring (bicyclic) bond motifs is 7. The van der Waals surface area contributed by atoms with Gasteiger partial charge >= 0.3 is 5.97 Å². The highest BCUT2D eigenvalue weighted by Crippen LogP contribution is 2.52. The summed E-state index contributed by atoms with van der Waals surface area (Å²) < 4.78 is 13.3. The van der Waals surface area contributed by atoms with Gasteiger partial charge in [0, 0.05) is 42.1 Å². The molecule has 3 aliphatic rings. The Labute approximate surface area is 213 Å². The standard InChI is InChI=1S/C30H37N3O3/c1-35-22-9-11-23-25(17-22)28-21(12-14-32(28)15-13-31)18-33-26-16-20(30(34)36-2)8-10-24(26)27(29(23)33)19-6-4-3-5-7-19/h8-11,16-17,19,21,28H,3-7,12-15,18,31H2,1-2H3/t21-,28+/m0/s1. The Morgan fingerprint density at radius 1 is 1.06 bits per heavy atom. The van der Waals surface area contributed by atoms with Crippen molar-refractivity contribution in [1.82, 2.24) is 9.47 Å². The van der Waals surface area contributed by atoms with Crippen molar-refractivity contribution in [1.29, 1.82) is 0 Å². The third kappa shape index (κ3) is 3.73. The highest BCUT2D eigenvalue weighted by atomic mass is 16.5. The van der Waals surface area contributed by atoms with Crippen molar-refractivity contribution < 1.29 is 14.3 Å². The molecule has 36 heavy (non-hydrogen) atoms. The number of ether oxygens (including phenoxy) is 2. The predicted octanol–water partition coefficient (Wildman–Crippen LogP) is 5.49. The van der Waals surface area contributed by atoms with Gasteiger partial charge in [0.1, 0.15) is 5.75 Å². The number of esters is 1. The van der Waals surface area contributed by atoms with Crippen LogP contribution in [0.3, 0.4) is 0 Å². The average molecular weight is 488 g/mol. The van der Waals surface area contributed by atoms with Crippen LogP contribution in [-0.2, 0) is 11.3 Å². The molecule has 2 aromatic carbocycles. The maximum Gasteiger partial charge on any atom is 0.337 e. The SMILES string of the molecule is COC(=O)c1ccc2c(C3CCCCC3)c3n(c2c1)C[C@@H]1CCN(CCN)[C@H]1c1cc(OC)ccc1-3. The van der Waals surface area contributed by atoms with Gasteiger partial charge in [-0.3, -0.25) is 4.90 Å². The number of hydrogen-bond donors (Lipinski definition) is 1. The molecule has 0 spiro atoms. The first-order chi connectivity index (χ1) is 17.6. The number of nitrogens with zero attached hydrogens (tertiary/aromatic N) is 2. The molecular formula is C30H37N3O3. The summed E-state index contributed by atoms with van der Waals surface area (Å²) in [5.41, 5.74) is 13.3. The summed E-state index contributed by atoms with van der Waals surface area (Å²) >= 11 is 0. The van der Waals surface area contributed by atoms with Crippen molar-refractivity contribution in [2.45, 2.75) is 57.0 Å². The number of benzene rings is 2. The maximum atomic E-state index is 12.5. The minimum Gasteiger partial charge on any atom is -0.497 e. The number of hydrogen-bond acceptors (Lipinski definition) is 5. The molecule has 0 radical (unpaired) electrons. The lowest BCUT2D eigenvalue weighted by molar-refractivity contribution is 0.0601. The fraction of sp³-hybridized carbons (Fsp3) is 0.500. The third-order valence-corrected chi connectivity index (χ3v) is 8.83. The summed E-state index contributed by atoms with van der Waals surface area (Å²) in [6.45, 7) is 3.55. The fourth-order valence-electron chi connectivity index (χ4n) is 7.25. The molecule has 3 heterocycles. The minimum absolute atomic E-state index is 0.279. The van der Waals surface area contributed by atoms with Crippen LogP contribution in [0.15, 0.2) is 36.4 Å². The highest BCUT2D eigenvalue weighted by molar-refractivity contribution is 5.99. The first kappa shape index (κ1) is 23.6. The minimum atomic E-state index is -0.279. The van der Waals surface area contributed by atoms with Gasteiger partial charge in [-0.25, -0.2) is 4.79 Å². The van der Waals surface area contributed by atoms with E-state index in [-0.39, 0.29) is 5.97 Å². The summed E-state index contributed by atoms with van der Waals surface area (Å²) in [6, 6.07) is 13.1. The van der Waals surface area contributed by atoms with E-state index in [0.29, 0.717) is 30.0 Å². The Bertz CT molecular complexity index is 1290. The van der Waals surface area contributed by atoms with E-state index in [1.54, 1.807) is 7.11 Å². The van der Waals surface area contributed by atoms with Gasteiger partial charge in [0.15, 0.2) is 0 Å². The molecule has 190 valence electrons. The van der Waals surface area contributed by atoms with E-state index in [2.05, 4.69) is 39.8 Å². The molecule has 1 aliphatic carbocycles. The summed E-state index contributed by atoms with van der Waals surface area (Å²) in [5.74, 6) is 1.64. The number of carbonyl (C=O) groups is 1. The molecule has 1 aromatic heterocycles. The van der Waals surface area contributed by atoms with Gasteiger partial charge in [-0.05, 0) is 79.1 Å². The van der Waals surface area contributed by atoms with Crippen LogP contribution in [0.25, 0.3) is 22.2 Å². The zero-order valence-electron chi connectivity index (χ0n) is 21.5. The van der Waals surface area contributed by atoms with Crippen LogP contribution >= 0.6 is 0 Å². The highest BCUT2D eigenvalue weighted by Gasteiger charge is 2.41. The molecule has 6 rings (SSSR count). The zero-order chi connectivity index (χ0) is 24.8. The van der Waals surface area contributed by atoms with Crippen LogP contribution in [0.4, 0.5) is 0 Å². The first-order valence-electron chi connectivity index (χ1n) is 13.5. The van der Waals surface area contributed by atoms with Crippen molar-refractivity contribution in [3.63, 3.8) is 0 Å². The number of nitrogens with two attached hydrogens (primary N) is 1. The van der Waals surface area contributed by atoms with Gasteiger partial charge < -0.3 is 19.8 Å². The predicted molar refractivity (Wildman–Crippen MR) is 143 cm³/mol. The number of likely N-dealkylation sites (tertiary alicyclic amines) is 1. The molecule has 1 saturated carbocycles. The second-order valence-electron chi connectivity index (χ2n) is 10.7. The summed E-state index contributed by atoms with van der Waals surface area (Å²) in [4.78, 5) is 15.1. The fourth-order valence-corrected chi connectivity index (χ4v) is 7.25. The number of aromatic nitrogens is 1. The summed E-state index contributed by atoms with van der Waals surface area (Å²) in [7, 11) is 3.21. The van der Waals surface area contributed by atoms with E-state index >= 15 is 0 Å². The van der Waals surface area contributed by atoms with Gasteiger partial charge in [-0.1, -0.05) is 25.3 Å². The van der Waals surface area contributed by atoms with Crippen molar-refractivity contribution in [2.24, 2.45) is 11.7 Å². The van der Waals surface area contributed by atoms with Crippen LogP contribution < -0.4 is 10.5 Å². The molecule has 3 aromatic rings. The van der Waals surface area contributed by atoms with E-state index in [1.165, 1.54) is 67.0 Å². The van der Waals surface area contributed by atoms with Gasteiger partial charge in [-0.15, -0.1) is 0 Å². The second-order valence-corrected chi connectivity index (χ2v) is 10.7. The van der Waals surface area contributed by atoms with Crippen molar-refractivity contribution in [3.05, 3.63) is 53.1 Å². The molecule has 0 unspecified atom stereocenters. The van der Waals surface area contributed by atoms with E-state index in [4.69, 9.17) is 15.2 Å². The number of rotatable bonds is 5. The van der Waals surface area contributed by atoms with Gasteiger partial charge in [0.25, 0.3) is 0 Å². The van der Waals surface area contributed by atoms with Crippen LogP contribution in [0.1, 0.15) is 72.0 Å². The molecular weight excluding hydrogens is 450 g/mol. The van der Waals surface area contributed by atoms with Crippen LogP contribution in [0.5, 0.6) is 5.75 Å². The lowest BCUT2D eigenvalue weighted by Crippen LogP contribution is -2.31. The van der Waals surface area contributed by atoms with Gasteiger partial charge in [0.05, 0.1) is 25.5 Å². The Morgan fingerprint density at radius 3 is 2.64 bits per heavy atom. The molecule has 2 fully saturated rings. The summed E-state index contributed by atoms with van der Waals surface area (Å²) in [5, 5.41) is 1.29. The smallest absolute Gasteiger partial charge is 0.337 e. The Hall–Kier alpha value is -2.83. The Kier molecular flexibility index (Phi) is 6.26. The lowest BCUT2D eigenvalue weighted by atomic mass is 9.81. The monoisotopic (exact) mass is 487 g/mol. The van der Waals surface area contributed by atoms with Crippen LogP contribution in [0, 0.1) is 5.92 Å². The molecule has 6 heteroatoms. The normalized spacial score (nSPS) is 22.1. The Balaban J connectivity index is 1.64. The van der Waals surface area contributed by atoms with Gasteiger partial charge in [-0.2, -0.15) is 0 Å². The topological polar surface area (TPSA) is 69.7 Å². The number of carbonyl (C=O) groups excluding carboxylic acids is 1. The largest absolute Gasteiger partial charge is 0.497 e. The van der Waals surface area contributed by atoms with Crippen LogP contribution in [0.2, 0.25) is 0 Å². The quantitative estimate of drug-likeness (QED) is 0.482. The first-order valence-corrected chi connectivity index (χ1v) is 13.5. The molecule has 2 aliphatic heterocycles. The van der Waals surface area contributed by atoms with Crippen LogP contribution in [-0.4, -0.2) is 49.3 Å². The lowest BCUT2D eigenvalue weighted by Gasteiger charge is -2.29. The van der Waals surface area contributed by atoms with Crippen molar-refractivity contribution in [3.8, 4) is 17.0 Å². The van der Waals surface area contributed by atoms with Crippen molar-refractivity contribution >= 4 is 16.9 Å². The molecule has 0 bridgehead atoms. The maximum absolute atomic E-state index is 12.5. The molecule has 6 nitrogen and oxygen atoms in total. The van der Waals surface area contributed by atoms with Crippen molar-refractivity contribution in [2.75, 3.05) is 33.9 Å². The van der Waals surface area contributed by atoms with E-state index in [0.717, 1.165) is 37.3 Å². The van der Waals surface area contributed by atoms with E-state index < -0.39 is 0 Å². The Morgan fingerprint density at radius 2 is 1.89 bits per heavy atom. The second kappa shape index (κ2) is 9.56. The number of methoxy groups -OCH3 is 2. The van der Waals surface area contributed by atoms with E-state index in [1.807, 2.05) is 6.07 Å². The van der Waals surface area contributed by atoms with Gasteiger partial charge in [0.2, 0.25) is 0 Å². The molecule has 0 amide bonds. The average Bonchev–Trinajstić information content (AvgIpc) is 3.42. The summed E-state index contributed by atoms with van der Waals surface area (Å²) in [6.07, 6.45) is 7.47.